The highest BCUT2D eigenvalue weighted by molar-refractivity contribution is 5.86. The molecular weight excluding hydrogens is 460 g/mol. The van der Waals surface area contributed by atoms with Crippen LogP contribution < -0.4 is 10.2 Å². The van der Waals surface area contributed by atoms with Crippen molar-refractivity contribution in [2.24, 2.45) is 0 Å². The van der Waals surface area contributed by atoms with Gasteiger partial charge in [-0.2, -0.15) is 13.2 Å². The first-order valence-corrected chi connectivity index (χ1v) is 10.1. The molecule has 0 aliphatic carbocycles. The van der Waals surface area contributed by atoms with E-state index in [9.17, 15) is 31.1 Å². The third-order valence-electron chi connectivity index (χ3n) is 5.38. The lowest BCUT2D eigenvalue weighted by molar-refractivity contribution is -0.274. The zero-order chi connectivity index (χ0) is 24.7. The number of aromatic amines is 1. The van der Waals surface area contributed by atoms with E-state index >= 15 is 0 Å². The van der Waals surface area contributed by atoms with E-state index in [1.54, 1.807) is 24.3 Å². The fourth-order valence-corrected chi connectivity index (χ4v) is 3.79. The van der Waals surface area contributed by atoms with Gasteiger partial charge in [-0.15, -0.1) is 13.2 Å². The minimum Gasteiger partial charge on any atom is -0.406 e. The lowest BCUT2D eigenvalue weighted by atomic mass is 9.98. The van der Waals surface area contributed by atoms with E-state index in [1.807, 2.05) is 0 Å². The van der Waals surface area contributed by atoms with Crippen molar-refractivity contribution in [3.8, 4) is 17.0 Å². The second-order valence-electron chi connectivity index (χ2n) is 7.75. The van der Waals surface area contributed by atoms with Crippen molar-refractivity contribution >= 4 is 10.9 Å². The van der Waals surface area contributed by atoms with Gasteiger partial charge in [-0.1, -0.05) is 42.5 Å². The Morgan fingerprint density at radius 3 is 1.97 bits per heavy atom. The number of nitrogens with one attached hydrogen (secondary N) is 1. The number of pyridine rings is 1. The summed E-state index contributed by atoms with van der Waals surface area (Å²) < 4.78 is 80.8. The minimum atomic E-state index is -4.76. The molecule has 0 unspecified atom stereocenters. The molecule has 0 aliphatic heterocycles. The molecule has 3 nitrogen and oxygen atoms in total. The molecule has 0 atom stereocenters. The quantitative estimate of drug-likeness (QED) is 0.321. The summed E-state index contributed by atoms with van der Waals surface area (Å²) in [6.45, 7) is 1.47. The number of hydrogen-bond acceptors (Lipinski definition) is 2. The van der Waals surface area contributed by atoms with Crippen LogP contribution in [-0.2, 0) is 12.6 Å². The summed E-state index contributed by atoms with van der Waals surface area (Å²) in [7, 11) is 0. The number of alkyl halides is 6. The van der Waals surface area contributed by atoms with Gasteiger partial charge in [0.1, 0.15) is 5.75 Å². The number of fused-ring (bicyclic) bond motifs is 1. The Hall–Kier alpha value is -3.75. The van der Waals surface area contributed by atoms with Gasteiger partial charge in [0, 0.05) is 5.56 Å². The highest BCUT2D eigenvalue weighted by atomic mass is 19.4. The Balaban J connectivity index is 1.61. The van der Waals surface area contributed by atoms with Crippen molar-refractivity contribution < 1.29 is 31.1 Å². The molecular formula is C25H17F6NO2. The first-order chi connectivity index (χ1) is 15.9. The molecule has 1 heterocycles. The number of rotatable bonds is 4. The van der Waals surface area contributed by atoms with Crippen LogP contribution in [0.25, 0.3) is 22.2 Å². The molecule has 0 radical (unpaired) electrons. The monoisotopic (exact) mass is 477 g/mol. The number of benzene rings is 3. The predicted molar refractivity (Wildman–Crippen MR) is 116 cm³/mol. The van der Waals surface area contributed by atoms with Gasteiger partial charge in [-0.05, 0) is 54.3 Å². The molecule has 34 heavy (non-hydrogen) atoms. The van der Waals surface area contributed by atoms with Crippen molar-refractivity contribution in [2.75, 3.05) is 0 Å². The van der Waals surface area contributed by atoms with Crippen LogP contribution >= 0.6 is 0 Å². The Bertz CT molecular complexity index is 1390. The van der Waals surface area contributed by atoms with E-state index < -0.39 is 28.9 Å². The predicted octanol–water partition coefficient (Wildman–Crippen LogP) is 7.01. The maximum absolute atomic E-state index is 13.4. The second kappa shape index (κ2) is 8.55. The van der Waals surface area contributed by atoms with Gasteiger partial charge in [-0.25, -0.2) is 0 Å². The summed E-state index contributed by atoms with van der Waals surface area (Å²) in [4.78, 5) is 15.8. The van der Waals surface area contributed by atoms with Gasteiger partial charge in [0.15, 0.2) is 5.43 Å². The maximum atomic E-state index is 13.4. The van der Waals surface area contributed by atoms with Crippen LogP contribution in [0.4, 0.5) is 26.3 Å². The van der Waals surface area contributed by atoms with E-state index in [1.165, 1.54) is 43.3 Å². The van der Waals surface area contributed by atoms with Crippen molar-refractivity contribution in [2.45, 2.75) is 25.9 Å². The van der Waals surface area contributed by atoms with Crippen LogP contribution in [0.3, 0.4) is 0 Å². The SMILES string of the molecule is Cc1c(-c2ccc(Cc3ccc(OC(F)(F)F)cc3)cc2)[nH]c2cccc(C(F)(F)F)c2c1=O. The zero-order valence-electron chi connectivity index (χ0n) is 17.6. The average molecular weight is 477 g/mol. The Morgan fingerprint density at radius 2 is 1.41 bits per heavy atom. The van der Waals surface area contributed by atoms with Gasteiger partial charge >= 0.3 is 12.5 Å². The molecule has 1 N–H and O–H groups in total. The zero-order valence-corrected chi connectivity index (χ0v) is 17.6. The summed E-state index contributed by atoms with van der Waals surface area (Å²) in [5, 5.41) is -0.397. The summed E-state index contributed by atoms with van der Waals surface area (Å²) >= 11 is 0. The van der Waals surface area contributed by atoms with Gasteiger partial charge in [0.25, 0.3) is 0 Å². The molecule has 3 aromatic carbocycles. The third-order valence-corrected chi connectivity index (χ3v) is 5.38. The highest BCUT2D eigenvalue weighted by Crippen LogP contribution is 2.34. The number of hydrogen-bond donors (Lipinski definition) is 1. The molecule has 0 saturated carbocycles. The molecule has 0 bridgehead atoms. The van der Waals surface area contributed by atoms with E-state index in [0.717, 1.165) is 17.2 Å². The Labute approximate surface area is 189 Å². The molecule has 0 saturated heterocycles. The fourth-order valence-electron chi connectivity index (χ4n) is 3.79. The second-order valence-corrected chi connectivity index (χ2v) is 7.75. The molecule has 4 aromatic rings. The standard InChI is InChI=1S/C25H17F6NO2/c1-14-22(32-20-4-2-3-19(24(26,27)28)21(20)23(14)33)17-9-5-15(6-10-17)13-16-7-11-18(12-8-16)34-25(29,30)31/h2-12H,13H2,1H3,(H,32,33). The normalized spacial score (nSPS) is 12.2. The van der Waals surface area contributed by atoms with Crippen molar-refractivity contribution in [3.05, 3.63) is 99.2 Å². The molecule has 0 spiro atoms. The summed E-state index contributed by atoms with van der Waals surface area (Å²) in [5.41, 5.74) is 1.22. The third kappa shape index (κ3) is 4.93. The molecule has 9 heteroatoms. The largest absolute Gasteiger partial charge is 0.573 e. The van der Waals surface area contributed by atoms with E-state index in [0.29, 0.717) is 17.7 Å². The number of halogens is 6. The smallest absolute Gasteiger partial charge is 0.406 e. The molecule has 0 fully saturated rings. The van der Waals surface area contributed by atoms with Crippen molar-refractivity contribution in [3.63, 3.8) is 0 Å². The maximum Gasteiger partial charge on any atom is 0.573 e. The van der Waals surface area contributed by atoms with E-state index in [-0.39, 0.29) is 16.8 Å². The van der Waals surface area contributed by atoms with Crippen LogP contribution in [0.5, 0.6) is 5.75 Å². The summed E-state index contributed by atoms with van der Waals surface area (Å²) in [5.74, 6) is -0.309. The van der Waals surface area contributed by atoms with Crippen LogP contribution in [0.1, 0.15) is 22.3 Å². The molecule has 4 rings (SSSR count). The van der Waals surface area contributed by atoms with Crippen LogP contribution in [0.2, 0.25) is 0 Å². The molecule has 176 valence electrons. The summed E-state index contributed by atoms with van der Waals surface area (Å²) in [6.07, 6.45) is -8.97. The molecule has 0 amide bonds. The Morgan fingerprint density at radius 1 is 0.824 bits per heavy atom. The van der Waals surface area contributed by atoms with Crippen LogP contribution in [-0.4, -0.2) is 11.3 Å². The number of ether oxygens (including phenoxy) is 1. The topological polar surface area (TPSA) is 42.1 Å². The van der Waals surface area contributed by atoms with E-state index in [2.05, 4.69) is 9.72 Å². The Kier molecular flexibility index (Phi) is 5.89. The fraction of sp³-hybridized carbons (Fsp3) is 0.160. The van der Waals surface area contributed by atoms with Gasteiger partial charge < -0.3 is 9.72 Å². The first-order valence-electron chi connectivity index (χ1n) is 10.1. The van der Waals surface area contributed by atoms with Gasteiger partial charge in [-0.3, -0.25) is 4.79 Å². The lowest BCUT2D eigenvalue weighted by Crippen LogP contribution is -2.17. The van der Waals surface area contributed by atoms with E-state index in [4.69, 9.17) is 0 Å². The number of aromatic nitrogens is 1. The first kappa shape index (κ1) is 23.4. The molecule has 1 aromatic heterocycles. The van der Waals surface area contributed by atoms with Crippen molar-refractivity contribution in [1.82, 2.24) is 4.98 Å². The summed E-state index contributed by atoms with van der Waals surface area (Å²) in [6, 6.07) is 16.1. The van der Waals surface area contributed by atoms with Gasteiger partial charge in [0.05, 0.1) is 22.2 Å². The minimum absolute atomic E-state index is 0.0886. The van der Waals surface area contributed by atoms with Crippen molar-refractivity contribution in [1.29, 1.82) is 0 Å². The molecule has 0 aliphatic rings. The lowest BCUT2D eigenvalue weighted by Gasteiger charge is -2.14. The van der Waals surface area contributed by atoms with Crippen LogP contribution in [0, 0.1) is 6.92 Å². The average Bonchev–Trinajstić information content (AvgIpc) is 2.76. The van der Waals surface area contributed by atoms with Gasteiger partial charge in [0.2, 0.25) is 0 Å². The number of H-pyrrole nitrogens is 1. The van der Waals surface area contributed by atoms with Crippen LogP contribution in [0.15, 0.2) is 71.5 Å². The highest BCUT2D eigenvalue weighted by Gasteiger charge is 2.34.